The summed E-state index contributed by atoms with van der Waals surface area (Å²) >= 11 is 0. The Morgan fingerprint density at radius 1 is 1.25 bits per heavy atom. The van der Waals surface area contributed by atoms with E-state index in [-0.39, 0.29) is 5.41 Å². The third-order valence-corrected chi connectivity index (χ3v) is 2.66. The lowest BCUT2D eigenvalue weighted by Crippen LogP contribution is -2.24. The second-order valence-corrected chi connectivity index (χ2v) is 5.15. The number of rotatable bonds is 2. The van der Waals surface area contributed by atoms with Crippen LogP contribution >= 0.6 is 0 Å². The van der Waals surface area contributed by atoms with E-state index < -0.39 is 0 Å². The fourth-order valence-electron chi connectivity index (χ4n) is 1.38. The quantitative estimate of drug-likeness (QED) is 0.832. The monoisotopic (exact) mass is 222 g/mol. The molecule has 4 nitrogen and oxygen atoms in total. The Kier molecular flexibility index (Phi) is 3.41. The Labute approximate surface area is 97.9 Å². The fourth-order valence-corrected chi connectivity index (χ4v) is 1.38. The van der Waals surface area contributed by atoms with Crippen molar-refractivity contribution in [3.8, 4) is 0 Å². The van der Waals surface area contributed by atoms with E-state index in [1.165, 1.54) is 0 Å². The summed E-state index contributed by atoms with van der Waals surface area (Å²) in [6.45, 7) is 11.2. The predicted molar refractivity (Wildman–Crippen MR) is 68.8 cm³/mol. The van der Waals surface area contributed by atoms with Gasteiger partial charge in [-0.15, -0.1) is 0 Å². The Hall–Kier alpha value is -1.32. The van der Waals surface area contributed by atoms with Crippen LogP contribution < -0.4 is 10.6 Å². The van der Waals surface area contributed by atoms with Crippen molar-refractivity contribution in [2.24, 2.45) is 0 Å². The van der Waals surface area contributed by atoms with E-state index in [1.807, 2.05) is 14.0 Å². The van der Waals surface area contributed by atoms with Gasteiger partial charge in [0, 0.05) is 24.6 Å². The molecular weight excluding hydrogens is 200 g/mol. The molecule has 0 aromatic carbocycles. The summed E-state index contributed by atoms with van der Waals surface area (Å²) in [5.41, 5.74) is 6.81. The second kappa shape index (κ2) is 4.28. The highest BCUT2D eigenvalue weighted by Crippen LogP contribution is 2.26. The highest BCUT2D eigenvalue weighted by Gasteiger charge is 2.21. The van der Waals surface area contributed by atoms with Crippen molar-refractivity contribution >= 4 is 11.6 Å². The minimum absolute atomic E-state index is 0.0782. The third-order valence-electron chi connectivity index (χ3n) is 2.66. The van der Waals surface area contributed by atoms with Crippen molar-refractivity contribution in [2.45, 2.75) is 40.0 Å². The molecule has 1 aromatic heterocycles. The summed E-state index contributed by atoms with van der Waals surface area (Å²) in [6, 6.07) is 0. The molecule has 1 heterocycles. The van der Waals surface area contributed by atoms with Gasteiger partial charge in [-0.2, -0.15) is 0 Å². The van der Waals surface area contributed by atoms with Crippen molar-refractivity contribution in [1.82, 2.24) is 9.97 Å². The van der Waals surface area contributed by atoms with Gasteiger partial charge in [-0.1, -0.05) is 20.8 Å². The number of nitrogen functional groups attached to an aromatic ring is 1. The summed E-state index contributed by atoms with van der Waals surface area (Å²) in [7, 11) is 2.02. The van der Waals surface area contributed by atoms with Crippen LogP contribution in [0.1, 0.15) is 39.1 Å². The zero-order chi connectivity index (χ0) is 12.5. The van der Waals surface area contributed by atoms with Gasteiger partial charge in [-0.25, -0.2) is 9.97 Å². The fraction of sp³-hybridized carbons (Fsp3) is 0.667. The molecule has 0 bridgehead atoms. The number of aromatic nitrogens is 2. The van der Waals surface area contributed by atoms with Crippen LogP contribution in [0.15, 0.2) is 0 Å². The van der Waals surface area contributed by atoms with Crippen molar-refractivity contribution in [1.29, 1.82) is 0 Å². The highest BCUT2D eigenvalue weighted by molar-refractivity contribution is 5.56. The van der Waals surface area contributed by atoms with Crippen LogP contribution in [0.2, 0.25) is 0 Å². The summed E-state index contributed by atoms with van der Waals surface area (Å²) < 4.78 is 0. The molecule has 0 saturated heterocycles. The number of hydrogen-bond donors (Lipinski definition) is 1. The Bertz CT molecular complexity index is 379. The van der Waals surface area contributed by atoms with Gasteiger partial charge < -0.3 is 10.6 Å². The molecule has 0 aliphatic carbocycles. The Morgan fingerprint density at radius 3 is 2.25 bits per heavy atom. The lowest BCUT2D eigenvalue weighted by molar-refractivity contribution is 0.545. The van der Waals surface area contributed by atoms with Crippen molar-refractivity contribution < 1.29 is 0 Å². The van der Waals surface area contributed by atoms with Gasteiger partial charge in [-0.3, -0.25) is 0 Å². The number of anilines is 2. The molecule has 0 aliphatic rings. The van der Waals surface area contributed by atoms with E-state index in [9.17, 15) is 0 Å². The number of nitrogens with zero attached hydrogens (tertiary/aromatic N) is 3. The predicted octanol–water partition coefficient (Wildman–Crippen LogP) is 2.12. The zero-order valence-electron chi connectivity index (χ0n) is 11.1. The molecular formula is C12H22N4. The van der Waals surface area contributed by atoms with E-state index >= 15 is 0 Å². The molecule has 90 valence electrons. The van der Waals surface area contributed by atoms with Crippen molar-refractivity contribution in [2.75, 3.05) is 24.2 Å². The van der Waals surface area contributed by atoms with Crippen LogP contribution in [-0.2, 0) is 5.41 Å². The average molecular weight is 222 g/mol. The normalized spacial score (nSPS) is 11.6. The first-order chi connectivity index (χ1) is 7.27. The van der Waals surface area contributed by atoms with Crippen LogP contribution in [-0.4, -0.2) is 23.6 Å². The van der Waals surface area contributed by atoms with Crippen LogP contribution in [0.3, 0.4) is 0 Å². The first kappa shape index (κ1) is 12.7. The molecule has 1 aromatic rings. The topological polar surface area (TPSA) is 55.0 Å². The molecule has 0 fully saturated rings. The summed E-state index contributed by atoms with van der Waals surface area (Å²) in [6.07, 6.45) is 0. The summed E-state index contributed by atoms with van der Waals surface area (Å²) in [5, 5.41) is 0. The van der Waals surface area contributed by atoms with Crippen LogP contribution in [0.5, 0.6) is 0 Å². The molecule has 2 N–H and O–H groups in total. The molecule has 0 spiro atoms. The maximum atomic E-state index is 5.93. The van der Waals surface area contributed by atoms with E-state index in [1.54, 1.807) is 0 Å². The Balaban J connectivity index is 3.33. The zero-order valence-corrected chi connectivity index (χ0v) is 11.1. The molecule has 0 amide bonds. The van der Waals surface area contributed by atoms with Gasteiger partial charge in [0.1, 0.15) is 17.5 Å². The highest BCUT2D eigenvalue weighted by atomic mass is 15.2. The molecule has 0 atom stereocenters. The SMILES string of the molecule is CCN(C)c1nc(C(C)(C)C)nc(N)c1C. The molecule has 0 saturated carbocycles. The van der Waals surface area contributed by atoms with Gasteiger partial charge in [0.15, 0.2) is 0 Å². The summed E-state index contributed by atoms with van der Waals surface area (Å²) in [4.78, 5) is 11.1. The van der Waals surface area contributed by atoms with E-state index in [4.69, 9.17) is 5.73 Å². The number of hydrogen-bond acceptors (Lipinski definition) is 4. The Morgan fingerprint density at radius 2 is 1.81 bits per heavy atom. The minimum Gasteiger partial charge on any atom is -0.383 e. The van der Waals surface area contributed by atoms with Gasteiger partial charge in [0.2, 0.25) is 0 Å². The standard InChI is InChI=1S/C12H22N4/c1-7-16(6)10-8(2)9(13)14-11(15-10)12(3,4)5/h7H2,1-6H3,(H2,13,14,15). The van der Waals surface area contributed by atoms with Crippen LogP contribution in [0, 0.1) is 6.92 Å². The minimum atomic E-state index is -0.0782. The van der Waals surface area contributed by atoms with Gasteiger partial charge in [0.05, 0.1) is 0 Å². The first-order valence-electron chi connectivity index (χ1n) is 5.63. The molecule has 0 unspecified atom stereocenters. The van der Waals surface area contributed by atoms with E-state index in [2.05, 4.69) is 42.6 Å². The number of nitrogens with two attached hydrogens (primary N) is 1. The van der Waals surface area contributed by atoms with Gasteiger partial charge in [-0.05, 0) is 13.8 Å². The van der Waals surface area contributed by atoms with Crippen molar-refractivity contribution in [3.05, 3.63) is 11.4 Å². The summed E-state index contributed by atoms with van der Waals surface area (Å²) in [5.74, 6) is 2.31. The van der Waals surface area contributed by atoms with E-state index in [0.717, 1.165) is 23.8 Å². The molecule has 4 heteroatoms. The van der Waals surface area contributed by atoms with Crippen LogP contribution in [0.25, 0.3) is 0 Å². The van der Waals surface area contributed by atoms with E-state index in [0.29, 0.717) is 5.82 Å². The van der Waals surface area contributed by atoms with Gasteiger partial charge >= 0.3 is 0 Å². The lowest BCUT2D eigenvalue weighted by atomic mass is 9.95. The lowest BCUT2D eigenvalue weighted by Gasteiger charge is -2.23. The molecule has 1 rings (SSSR count). The largest absolute Gasteiger partial charge is 0.383 e. The second-order valence-electron chi connectivity index (χ2n) is 5.15. The maximum absolute atomic E-state index is 5.93. The maximum Gasteiger partial charge on any atom is 0.138 e. The van der Waals surface area contributed by atoms with Crippen LogP contribution in [0.4, 0.5) is 11.6 Å². The molecule has 0 aliphatic heterocycles. The first-order valence-corrected chi connectivity index (χ1v) is 5.63. The van der Waals surface area contributed by atoms with Gasteiger partial charge in [0.25, 0.3) is 0 Å². The smallest absolute Gasteiger partial charge is 0.138 e. The molecule has 16 heavy (non-hydrogen) atoms. The van der Waals surface area contributed by atoms with Crippen molar-refractivity contribution in [3.63, 3.8) is 0 Å². The average Bonchev–Trinajstić information content (AvgIpc) is 2.19. The third kappa shape index (κ3) is 2.43. The molecule has 0 radical (unpaired) electrons.